The second kappa shape index (κ2) is 8.65. The quantitative estimate of drug-likeness (QED) is 0.504. The van der Waals surface area contributed by atoms with Crippen molar-refractivity contribution in [1.29, 1.82) is 0 Å². The molecule has 1 atom stereocenters. The summed E-state index contributed by atoms with van der Waals surface area (Å²) in [7, 11) is 1.44. The average molecular weight is 453 g/mol. The Balaban J connectivity index is 1.89. The van der Waals surface area contributed by atoms with Crippen LogP contribution < -0.4 is 20.5 Å². The number of carboxylic acid groups (broad SMARTS) is 1. The van der Waals surface area contributed by atoms with E-state index in [0.29, 0.717) is 22.7 Å². The molecular formula is C23H20FN3O6. The highest BCUT2D eigenvalue weighted by Gasteiger charge is 2.35. The van der Waals surface area contributed by atoms with E-state index in [2.05, 4.69) is 5.32 Å². The molecule has 1 aliphatic rings. The molecule has 0 saturated heterocycles. The Kier molecular flexibility index (Phi) is 5.74. The number of rotatable bonds is 7. The van der Waals surface area contributed by atoms with Crippen molar-refractivity contribution in [2.24, 2.45) is 5.73 Å². The number of hydrogen-bond donors (Lipinski definition) is 3. The van der Waals surface area contributed by atoms with Crippen LogP contribution in [0.15, 0.2) is 48.7 Å². The number of nitrogens with one attached hydrogen (secondary N) is 1. The van der Waals surface area contributed by atoms with Crippen LogP contribution in [0.4, 0.5) is 10.1 Å². The minimum Gasteiger partial charge on any atom is -0.493 e. The molecular weight excluding hydrogens is 433 g/mol. The maximum absolute atomic E-state index is 14.0. The molecule has 1 aromatic heterocycles. The van der Waals surface area contributed by atoms with Crippen molar-refractivity contribution in [2.75, 3.05) is 19.0 Å². The number of carboxylic acids is 1. The van der Waals surface area contributed by atoms with Gasteiger partial charge < -0.3 is 30.2 Å². The second-order valence-electron chi connectivity index (χ2n) is 7.43. The second-order valence-corrected chi connectivity index (χ2v) is 7.43. The molecule has 0 aliphatic carbocycles. The molecule has 3 aromatic rings. The first-order chi connectivity index (χ1) is 15.8. The molecule has 1 unspecified atom stereocenters. The predicted molar refractivity (Wildman–Crippen MR) is 115 cm³/mol. The first-order valence-electron chi connectivity index (χ1n) is 9.92. The zero-order valence-electron chi connectivity index (χ0n) is 17.5. The van der Waals surface area contributed by atoms with E-state index in [9.17, 15) is 23.9 Å². The van der Waals surface area contributed by atoms with Crippen LogP contribution in [-0.2, 0) is 9.59 Å². The lowest BCUT2D eigenvalue weighted by molar-refractivity contribution is -0.120. The molecule has 0 fully saturated rings. The number of ether oxygens (including phenoxy) is 2. The van der Waals surface area contributed by atoms with E-state index < -0.39 is 23.6 Å². The summed E-state index contributed by atoms with van der Waals surface area (Å²) in [6.07, 6.45) is 1.36. The number of carbonyl (C=O) groups excluding carboxylic acids is 2. The van der Waals surface area contributed by atoms with Crippen molar-refractivity contribution in [3.05, 3.63) is 71.3 Å². The molecule has 170 valence electrons. The molecule has 4 N–H and O–H groups in total. The number of methoxy groups -OCH3 is 1. The summed E-state index contributed by atoms with van der Waals surface area (Å²) in [6, 6.07) is 10.6. The SMILES string of the molecule is COc1ccc(C2CC(=O)Nc3c(C(=O)O)cn(-c4cccc(F)c4)c32)cc1OCC(N)=O. The van der Waals surface area contributed by atoms with E-state index in [-0.39, 0.29) is 35.9 Å². The molecule has 0 spiro atoms. The van der Waals surface area contributed by atoms with Crippen LogP contribution in [0.5, 0.6) is 11.5 Å². The minimum absolute atomic E-state index is 0.00692. The molecule has 2 amide bonds. The highest BCUT2D eigenvalue weighted by molar-refractivity contribution is 6.04. The summed E-state index contributed by atoms with van der Waals surface area (Å²) in [5.41, 5.74) is 6.68. The molecule has 9 nitrogen and oxygen atoms in total. The lowest BCUT2D eigenvalue weighted by Gasteiger charge is -2.27. The van der Waals surface area contributed by atoms with Crippen LogP contribution in [0.2, 0.25) is 0 Å². The third-order valence-electron chi connectivity index (χ3n) is 5.30. The molecule has 33 heavy (non-hydrogen) atoms. The zero-order chi connectivity index (χ0) is 23.7. The number of hydrogen-bond acceptors (Lipinski definition) is 5. The lowest BCUT2D eigenvalue weighted by Crippen LogP contribution is -2.25. The fraction of sp³-hybridized carbons (Fsp3) is 0.174. The number of anilines is 1. The predicted octanol–water partition coefficient (Wildman–Crippen LogP) is 2.66. The van der Waals surface area contributed by atoms with Crippen molar-refractivity contribution < 1.29 is 33.4 Å². The number of benzene rings is 2. The standard InChI is InChI=1S/C23H20FN3O6/c1-32-17-6-5-12(7-18(17)33-11-19(25)28)15-9-20(29)26-21-16(23(30)31)10-27(22(15)21)14-4-2-3-13(24)8-14/h2-8,10,15H,9,11H2,1H3,(H2,25,28)(H,26,29)(H,30,31). The van der Waals surface area contributed by atoms with Crippen LogP contribution in [0, 0.1) is 5.82 Å². The van der Waals surface area contributed by atoms with Gasteiger partial charge in [0.1, 0.15) is 11.4 Å². The van der Waals surface area contributed by atoms with E-state index in [1.165, 1.54) is 31.5 Å². The summed E-state index contributed by atoms with van der Waals surface area (Å²) < 4.78 is 26.2. The molecule has 2 aromatic carbocycles. The smallest absolute Gasteiger partial charge is 0.339 e. The maximum atomic E-state index is 14.0. The molecule has 0 bridgehead atoms. The summed E-state index contributed by atoms with van der Waals surface area (Å²) in [4.78, 5) is 35.6. The van der Waals surface area contributed by atoms with Gasteiger partial charge in [0.15, 0.2) is 18.1 Å². The zero-order valence-corrected chi connectivity index (χ0v) is 17.5. The van der Waals surface area contributed by atoms with Crippen molar-refractivity contribution in [1.82, 2.24) is 4.57 Å². The number of nitrogens with two attached hydrogens (primary N) is 1. The maximum Gasteiger partial charge on any atom is 0.339 e. The normalized spacial score (nSPS) is 14.8. The van der Waals surface area contributed by atoms with Gasteiger partial charge in [-0.2, -0.15) is 0 Å². The lowest BCUT2D eigenvalue weighted by atomic mass is 9.88. The number of nitrogens with zero attached hydrogens (tertiary/aromatic N) is 1. The minimum atomic E-state index is -1.23. The molecule has 10 heteroatoms. The molecule has 0 radical (unpaired) electrons. The third-order valence-corrected chi connectivity index (χ3v) is 5.30. The highest BCUT2D eigenvalue weighted by atomic mass is 19.1. The van der Waals surface area contributed by atoms with Gasteiger partial charge in [-0.15, -0.1) is 0 Å². The monoisotopic (exact) mass is 453 g/mol. The summed E-state index contributed by atoms with van der Waals surface area (Å²) in [5, 5.41) is 12.4. The van der Waals surface area contributed by atoms with Gasteiger partial charge in [0.25, 0.3) is 5.91 Å². The van der Waals surface area contributed by atoms with Crippen LogP contribution in [-0.4, -0.2) is 41.2 Å². The number of aromatic nitrogens is 1. The van der Waals surface area contributed by atoms with Gasteiger partial charge in [-0.25, -0.2) is 9.18 Å². The number of amides is 2. The number of halogens is 1. The van der Waals surface area contributed by atoms with E-state index in [4.69, 9.17) is 15.2 Å². The first kappa shape index (κ1) is 21.9. The number of primary amides is 1. The van der Waals surface area contributed by atoms with E-state index >= 15 is 0 Å². The Morgan fingerprint density at radius 3 is 2.70 bits per heavy atom. The Labute approximate surface area is 187 Å². The molecule has 1 aliphatic heterocycles. The van der Waals surface area contributed by atoms with Crippen molar-refractivity contribution in [2.45, 2.75) is 12.3 Å². The molecule has 4 rings (SSSR count). The third kappa shape index (κ3) is 4.22. The number of aromatic carboxylic acids is 1. The Morgan fingerprint density at radius 2 is 2.03 bits per heavy atom. The van der Waals surface area contributed by atoms with Crippen LogP contribution >= 0.6 is 0 Å². The number of carbonyl (C=O) groups is 3. The van der Waals surface area contributed by atoms with Crippen molar-refractivity contribution in [3.63, 3.8) is 0 Å². The van der Waals surface area contributed by atoms with Crippen LogP contribution in [0.3, 0.4) is 0 Å². The van der Waals surface area contributed by atoms with E-state index in [1.54, 1.807) is 28.8 Å². The van der Waals surface area contributed by atoms with Gasteiger partial charge in [-0.05, 0) is 35.9 Å². The van der Waals surface area contributed by atoms with Gasteiger partial charge in [-0.1, -0.05) is 12.1 Å². The Hall–Kier alpha value is -4.34. The van der Waals surface area contributed by atoms with Crippen LogP contribution in [0.1, 0.15) is 34.0 Å². The molecule has 0 saturated carbocycles. The fourth-order valence-corrected chi connectivity index (χ4v) is 3.92. The van der Waals surface area contributed by atoms with Gasteiger partial charge in [0, 0.05) is 24.2 Å². The van der Waals surface area contributed by atoms with Gasteiger partial charge in [0.2, 0.25) is 5.91 Å². The summed E-state index contributed by atoms with van der Waals surface area (Å²) in [5.74, 6) is -2.77. The first-order valence-corrected chi connectivity index (χ1v) is 9.92. The van der Waals surface area contributed by atoms with Gasteiger partial charge >= 0.3 is 5.97 Å². The fourth-order valence-electron chi connectivity index (χ4n) is 3.92. The average Bonchev–Trinajstić information content (AvgIpc) is 3.16. The van der Waals surface area contributed by atoms with Crippen LogP contribution in [0.25, 0.3) is 5.69 Å². The summed E-state index contributed by atoms with van der Waals surface area (Å²) in [6.45, 7) is -0.376. The number of fused-ring (bicyclic) bond motifs is 1. The topological polar surface area (TPSA) is 133 Å². The highest BCUT2D eigenvalue weighted by Crippen LogP contribution is 2.43. The van der Waals surface area contributed by atoms with Gasteiger partial charge in [0.05, 0.1) is 18.5 Å². The van der Waals surface area contributed by atoms with Crippen molar-refractivity contribution in [3.8, 4) is 17.2 Å². The Morgan fingerprint density at radius 1 is 1.24 bits per heavy atom. The Bertz CT molecular complexity index is 1270. The molecule has 2 heterocycles. The van der Waals surface area contributed by atoms with E-state index in [1.807, 2.05) is 0 Å². The van der Waals surface area contributed by atoms with E-state index in [0.717, 1.165) is 0 Å². The summed E-state index contributed by atoms with van der Waals surface area (Å²) >= 11 is 0. The van der Waals surface area contributed by atoms with Crippen molar-refractivity contribution >= 4 is 23.5 Å². The van der Waals surface area contributed by atoms with Gasteiger partial charge in [-0.3, -0.25) is 9.59 Å². The largest absolute Gasteiger partial charge is 0.493 e.